The van der Waals surface area contributed by atoms with Gasteiger partial charge < -0.3 is 5.11 Å². The van der Waals surface area contributed by atoms with Gasteiger partial charge in [-0.05, 0) is 6.08 Å². The van der Waals surface area contributed by atoms with Gasteiger partial charge in [0.15, 0.2) is 0 Å². The number of allylic oxidation sites excluding steroid dienone is 3. The van der Waals surface area contributed by atoms with E-state index in [1.807, 2.05) is 0 Å². The van der Waals surface area contributed by atoms with Crippen molar-refractivity contribution in [2.24, 2.45) is 0 Å². The Morgan fingerprint density at radius 1 is 1.50 bits per heavy atom. The molecule has 0 aliphatic rings. The third-order valence-corrected chi connectivity index (χ3v) is 0.545. The number of hydrogen-bond donors (Lipinski definition) is 1. The average molecular weight is 108 g/mol. The Balaban J connectivity index is 3.31. The molecule has 0 aromatic rings. The van der Waals surface area contributed by atoms with E-state index in [0.29, 0.717) is 0 Å². The maximum absolute atomic E-state index is 8.19. The molecule has 0 aromatic carbocycles. The van der Waals surface area contributed by atoms with Crippen molar-refractivity contribution in [1.29, 1.82) is 0 Å². The van der Waals surface area contributed by atoms with Crippen molar-refractivity contribution in [3.63, 3.8) is 0 Å². The monoisotopic (exact) mass is 108 g/mol. The zero-order chi connectivity index (χ0) is 6.24. The van der Waals surface area contributed by atoms with Gasteiger partial charge in [0.05, 0.1) is 6.61 Å². The molecule has 0 saturated carbocycles. The zero-order valence-electron chi connectivity index (χ0n) is 4.54. The minimum absolute atomic E-state index is 0.0644. The lowest BCUT2D eigenvalue weighted by atomic mass is 10.4. The Morgan fingerprint density at radius 3 is 2.75 bits per heavy atom. The first-order chi connectivity index (χ1) is 3.91. The van der Waals surface area contributed by atoms with Crippen molar-refractivity contribution in [1.82, 2.24) is 0 Å². The van der Waals surface area contributed by atoms with Crippen LogP contribution in [0.1, 0.15) is 0 Å². The Bertz CT molecular complexity index is 126. The fraction of sp³-hybridized carbons (Fsp3) is 0.143. The minimum Gasteiger partial charge on any atom is -0.392 e. The number of aliphatic hydroxyl groups excluding tert-OH is 1. The predicted octanol–water partition coefficient (Wildman–Crippen LogP) is 0.724. The molecule has 0 fully saturated rings. The van der Waals surface area contributed by atoms with Crippen molar-refractivity contribution in [2.75, 3.05) is 6.61 Å². The van der Waals surface area contributed by atoms with Gasteiger partial charge in [-0.3, -0.25) is 0 Å². The molecule has 0 amide bonds. The Morgan fingerprint density at radius 2 is 2.25 bits per heavy atom. The van der Waals surface area contributed by atoms with E-state index >= 15 is 0 Å². The third kappa shape index (κ3) is 5.00. The molecular formula is C7H8O. The lowest BCUT2D eigenvalue weighted by Gasteiger charge is -1.70. The van der Waals surface area contributed by atoms with E-state index < -0.39 is 0 Å². The minimum atomic E-state index is 0.0644. The van der Waals surface area contributed by atoms with Crippen LogP contribution in [0.3, 0.4) is 0 Å². The summed E-state index contributed by atoms with van der Waals surface area (Å²) in [5.41, 5.74) is 0. The van der Waals surface area contributed by atoms with E-state index in [9.17, 15) is 0 Å². The number of hydrogen-bond acceptors (Lipinski definition) is 1. The highest BCUT2D eigenvalue weighted by Gasteiger charge is 1.59. The standard InChI is InChI=1S/C7H8O/c1-2-3-4-5-6-7-8/h1,3-6,8H,7H2/b4-3-,6-5-. The molecule has 0 rings (SSSR count). The summed E-state index contributed by atoms with van der Waals surface area (Å²) >= 11 is 0. The van der Waals surface area contributed by atoms with Crippen LogP contribution in [-0.2, 0) is 0 Å². The molecule has 8 heavy (non-hydrogen) atoms. The smallest absolute Gasteiger partial charge is 0.0615 e. The Hall–Kier alpha value is -1.00. The SMILES string of the molecule is C#C/C=C\C=C/CO. The quantitative estimate of drug-likeness (QED) is 0.408. The summed E-state index contributed by atoms with van der Waals surface area (Å²) in [7, 11) is 0. The summed E-state index contributed by atoms with van der Waals surface area (Å²) in [5.74, 6) is 2.31. The third-order valence-electron chi connectivity index (χ3n) is 0.545. The summed E-state index contributed by atoms with van der Waals surface area (Å²) in [4.78, 5) is 0. The normalized spacial score (nSPS) is 10.5. The highest BCUT2D eigenvalue weighted by molar-refractivity contribution is 5.15. The second-order valence-electron chi connectivity index (χ2n) is 1.14. The van der Waals surface area contributed by atoms with Gasteiger partial charge in [-0.1, -0.05) is 24.1 Å². The summed E-state index contributed by atoms with van der Waals surface area (Å²) in [6.45, 7) is 0.0644. The number of aliphatic hydroxyl groups is 1. The second-order valence-corrected chi connectivity index (χ2v) is 1.14. The molecule has 0 saturated heterocycles. The molecule has 0 aliphatic carbocycles. The molecule has 1 heteroatoms. The predicted molar refractivity (Wildman–Crippen MR) is 34.2 cm³/mol. The first-order valence-corrected chi connectivity index (χ1v) is 2.30. The molecule has 1 nitrogen and oxygen atoms in total. The van der Waals surface area contributed by atoms with Crippen LogP contribution >= 0.6 is 0 Å². The van der Waals surface area contributed by atoms with Gasteiger partial charge in [-0.25, -0.2) is 0 Å². The van der Waals surface area contributed by atoms with E-state index in [2.05, 4.69) is 5.92 Å². The van der Waals surface area contributed by atoms with Crippen LogP contribution in [0, 0.1) is 12.3 Å². The molecule has 42 valence electrons. The first-order valence-electron chi connectivity index (χ1n) is 2.30. The van der Waals surface area contributed by atoms with Gasteiger partial charge in [0.1, 0.15) is 0 Å². The van der Waals surface area contributed by atoms with Crippen LogP contribution in [-0.4, -0.2) is 11.7 Å². The van der Waals surface area contributed by atoms with Crippen molar-refractivity contribution >= 4 is 0 Å². The summed E-state index contributed by atoms with van der Waals surface area (Å²) in [5, 5.41) is 8.19. The Labute approximate surface area is 49.3 Å². The van der Waals surface area contributed by atoms with E-state index in [-0.39, 0.29) is 6.61 Å². The molecule has 0 aliphatic heterocycles. The fourth-order valence-electron chi connectivity index (χ4n) is 0.251. The van der Waals surface area contributed by atoms with E-state index in [0.717, 1.165) is 0 Å². The molecule has 0 radical (unpaired) electrons. The summed E-state index contributed by atoms with van der Waals surface area (Å²) in [6, 6.07) is 0. The highest BCUT2D eigenvalue weighted by Crippen LogP contribution is 1.72. The maximum Gasteiger partial charge on any atom is 0.0615 e. The van der Waals surface area contributed by atoms with Gasteiger partial charge in [-0.15, -0.1) is 6.42 Å². The first kappa shape index (κ1) is 7.00. The molecule has 0 bridgehead atoms. The lowest BCUT2D eigenvalue weighted by molar-refractivity contribution is 0.343. The lowest BCUT2D eigenvalue weighted by Crippen LogP contribution is -1.66. The topological polar surface area (TPSA) is 20.2 Å². The van der Waals surface area contributed by atoms with Gasteiger partial charge in [0.2, 0.25) is 0 Å². The van der Waals surface area contributed by atoms with Crippen molar-refractivity contribution in [3.05, 3.63) is 24.3 Å². The van der Waals surface area contributed by atoms with E-state index in [1.165, 1.54) is 0 Å². The molecular weight excluding hydrogens is 100 g/mol. The van der Waals surface area contributed by atoms with Crippen LogP contribution in [0.25, 0.3) is 0 Å². The van der Waals surface area contributed by atoms with Gasteiger partial charge in [-0.2, -0.15) is 0 Å². The molecule has 0 atom stereocenters. The fourth-order valence-corrected chi connectivity index (χ4v) is 0.251. The van der Waals surface area contributed by atoms with Crippen LogP contribution in [0.15, 0.2) is 24.3 Å². The molecule has 0 aromatic heterocycles. The molecule has 0 heterocycles. The second kappa shape index (κ2) is 6.00. The van der Waals surface area contributed by atoms with E-state index in [1.54, 1.807) is 24.3 Å². The Kier molecular flexibility index (Phi) is 5.25. The summed E-state index contributed by atoms with van der Waals surface area (Å²) in [6.07, 6.45) is 11.4. The van der Waals surface area contributed by atoms with Crippen LogP contribution < -0.4 is 0 Å². The average Bonchev–Trinajstić information content (AvgIpc) is 1.81. The van der Waals surface area contributed by atoms with Crippen LogP contribution in [0.4, 0.5) is 0 Å². The van der Waals surface area contributed by atoms with Crippen LogP contribution in [0.5, 0.6) is 0 Å². The van der Waals surface area contributed by atoms with E-state index in [4.69, 9.17) is 11.5 Å². The van der Waals surface area contributed by atoms with Crippen molar-refractivity contribution in [2.45, 2.75) is 0 Å². The molecule has 0 unspecified atom stereocenters. The van der Waals surface area contributed by atoms with Gasteiger partial charge >= 0.3 is 0 Å². The number of rotatable bonds is 2. The maximum atomic E-state index is 8.19. The van der Waals surface area contributed by atoms with Gasteiger partial charge in [0.25, 0.3) is 0 Å². The highest BCUT2D eigenvalue weighted by atomic mass is 16.2. The zero-order valence-corrected chi connectivity index (χ0v) is 4.54. The summed E-state index contributed by atoms with van der Waals surface area (Å²) < 4.78 is 0. The molecule has 1 N–H and O–H groups in total. The van der Waals surface area contributed by atoms with Gasteiger partial charge in [0, 0.05) is 0 Å². The van der Waals surface area contributed by atoms with Crippen LogP contribution in [0.2, 0.25) is 0 Å². The van der Waals surface area contributed by atoms with Crippen molar-refractivity contribution in [3.8, 4) is 12.3 Å². The largest absolute Gasteiger partial charge is 0.392 e. The van der Waals surface area contributed by atoms with Crippen molar-refractivity contribution < 1.29 is 5.11 Å². The molecule has 0 spiro atoms. The number of terminal acetylenes is 1.